The number of esters is 2. The zero-order valence-electron chi connectivity index (χ0n) is 31.6. The van der Waals surface area contributed by atoms with Crippen molar-refractivity contribution in [2.24, 2.45) is 0 Å². The molecule has 286 valence electrons. The second-order valence-corrected chi connectivity index (χ2v) is 15.0. The minimum atomic E-state index is -4.57. The molecule has 0 aliphatic heterocycles. The quantitative estimate of drug-likeness (QED) is 0.0333. The highest BCUT2D eigenvalue weighted by Crippen LogP contribution is 2.19. The smallest absolute Gasteiger partial charge is 0.339 e. The van der Waals surface area contributed by atoms with E-state index in [1.807, 2.05) is 0 Å². The number of ether oxygens (including phenoxy) is 2. The van der Waals surface area contributed by atoms with Gasteiger partial charge in [-0.1, -0.05) is 141 Å². The number of unbranched alkanes of at least 4 members (excludes halogenated alkanes) is 22. The van der Waals surface area contributed by atoms with Crippen LogP contribution in [-0.2, 0) is 19.6 Å². The van der Waals surface area contributed by atoms with Gasteiger partial charge in [-0.2, -0.15) is 8.42 Å². The maximum atomic E-state index is 12.9. The van der Waals surface area contributed by atoms with Crippen molar-refractivity contribution in [2.75, 3.05) is 13.2 Å². The first-order valence-electron chi connectivity index (χ1n) is 20.1. The van der Waals surface area contributed by atoms with Gasteiger partial charge in [0.2, 0.25) is 0 Å². The summed E-state index contributed by atoms with van der Waals surface area (Å²) in [7, 11) is -4.57. The van der Waals surface area contributed by atoms with E-state index in [2.05, 4.69) is 38.2 Å². The fraction of sp³-hybridized carbons (Fsp3) is 0.714. The van der Waals surface area contributed by atoms with Crippen LogP contribution < -0.4 is 0 Å². The van der Waals surface area contributed by atoms with Gasteiger partial charge >= 0.3 is 11.9 Å². The molecule has 0 aliphatic carbocycles. The molecular formula is C42H70O7S. The molecule has 0 saturated carbocycles. The van der Waals surface area contributed by atoms with Crippen LogP contribution in [0.1, 0.15) is 202 Å². The highest BCUT2D eigenvalue weighted by molar-refractivity contribution is 7.85. The van der Waals surface area contributed by atoms with E-state index in [1.54, 1.807) is 0 Å². The van der Waals surface area contributed by atoms with E-state index in [-0.39, 0.29) is 24.3 Å². The Morgan fingerprint density at radius 3 is 1.24 bits per heavy atom. The van der Waals surface area contributed by atoms with Gasteiger partial charge in [0.25, 0.3) is 10.1 Å². The fourth-order valence-electron chi connectivity index (χ4n) is 5.86. The first-order chi connectivity index (χ1) is 24.3. The Bertz CT molecular complexity index is 1170. The number of hydrogen-bond donors (Lipinski definition) is 1. The highest BCUT2D eigenvalue weighted by atomic mass is 32.2. The standard InChI is InChI=1S/C42H70O7S/c1-3-5-7-9-11-13-15-17-19-21-23-25-27-29-31-35-48-41(43)39-34-33-38(50(45,46)47)37-40(39)42(44)49-36-32-30-28-26-24-22-20-18-16-14-12-10-8-6-4-2/h23-26,33-34,37H,3-22,27-32,35-36H2,1-2H3,(H,45,46,47)/b25-23+,26-24+. The van der Waals surface area contributed by atoms with Gasteiger partial charge in [0, 0.05) is 0 Å². The Balaban J connectivity index is 2.31. The summed E-state index contributed by atoms with van der Waals surface area (Å²) in [4.78, 5) is 25.3. The lowest BCUT2D eigenvalue weighted by molar-refractivity contribution is 0.0451. The lowest BCUT2D eigenvalue weighted by Gasteiger charge is -2.11. The van der Waals surface area contributed by atoms with Crippen molar-refractivity contribution in [3.8, 4) is 0 Å². The second-order valence-electron chi connectivity index (χ2n) is 13.6. The molecule has 8 heteroatoms. The van der Waals surface area contributed by atoms with Gasteiger partial charge in [-0.25, -0.2) is 9.59 Å². The Labute approximate surface area is 305 Å². The van der Waals surface area contributed by atoms with Crippen molar-refractivity contribution in [3.05, 3.63) is 53.6 Å². The van der Waals surface area contributed by atoms with E-state index in [1.165, 1.54) is 122 Å². The predicted octanol–water partition coefficient (Wildman–Crippen LogP) is 12.5. The summed E-state index contributed by atoms with van der Waals surface area (Å²) in [5.41, 5.74) is -0.312. The maximum Gasteiger partial charge on any atom is 0.339 e. The highest BCUT2D eigenvalue weighted by Gasteiger charge is 2.23. The van der Waals surface area contributed by atoms with Gasteiger partial charge < -0.3 is 9.47 Å². The van der Waals surface area contributed by atoms with Crippen molar-refractivity contribution in [1.82, 2.24) is 0 Å². The van der Waals surface area contributed by atoms with Crippen LogP contribution in [0, 0.1) is 0 Å². The monoisotopic (exact) mass is 718 g/mol. The fourth-order valence-corrected chi connectivity index (χ4v) is 6.37. The number of carbonyl (C=O) groups is 2. The Hall–Kier alpha value is -2.45. The minimum Gasteiger partial charge on any atom is -0.462 e. The van der Waals surface area contributed by atoms with Crippen LogP contribution in [-0.4, -0.2) is 38.1 Å². The topological polar surface area (TPSA) is 107 Å². The van der Waals surface area contributed by atoms with E-state index in [9.17, 15) is 22.6 Å². The van der Waals surface area contributed by atoms with Crippen LogP contribution in [0.4, 0.5) is 0 Å². The molecule has 50 heavy (non-hydrogen) atoms. The van der Waals surface area contributed by atoms with Crippen molar-refractivity contribution in [1.29, 1.82) is 0 Å². The largest absolute Gasteiger partial charge is 0.462 e. The molecule has 0 aliphatic rings. The summed E-state index contributed by atoms with van der Waals surface area (Å²) >= 11 is 0. The third-order valence-electron chi connectivity index (χ3n) is 9.01. The first-order valence-corrected chi connectivity index (χ1v) is 21.5. The van der Waals surface area contributed by atoms with Crippen LogP contribution in [0.5, 0.6) is 0 Å². The molecule has 1 aromatic carbocycles. The lowest BCUT2D eigenvalue weighted by atomic mass is 10.1. The zero-order valence-corrected chi connectivity index (χ0v) is 32.5. The third kappa shape index (κ3) is 24.7. The van der Waals surface area contributed by atoms with Crippen LogP contribution in [0.15, 0.2) is 47.4 Å². The molecule has 0 aromatic heterocycles. The first kappa shape index (κ1) is 45.6. The molecule has 0 amide bonds. The summed E-state index contributed by atoms with van der Waals surface area (Å²) in [5.74, 6) is -1.54. The number of allylic oxidation sites excluding steroid dienone is 4. The molecule has 1 rings (SSSR count). The third-order valence-corrected chi connectivity index (χ3v) is 9.86. The summed E-state index contributed by atoms with van der Waals surface area (Å²) in [6.07, 6.45) is 39.6. The molecule has 0 bridgehead atoms. The average molecular weight is 719 g/mol. The minimum absolute atomic E-state index is 0.0809. The second kappa shape index (κ2) is 31.3. The van der Waals surface area contributed by atoms with E-state index in [4.69, 9.17) is 9.47 Å². The summed E-state index contributed by atoms with van der Waals surface area (Å²) in [5, 5.41) is 0. The molecule has 0 atom stereocenters. The van der Waals surface area contributed by atoms with Crippen molar-refractivity contribution in [3.63, 3.8) is 0 Å². The number of benzene rings is 1. The van der Waals surface area contributed by atoms with Gasteiger partial charge in [-0.15, -0.1) is 0 Å². The maximum absolute atomic E-state index is 12.9. The summed E-state index contributed by atoms with van der Waals surface area (Å²) in [6.45, 7) is 4.82. The Morgan fingerprint density at radius 1 is 0.520 bits per heavy atom. The summed E-state index contributed by atoms with van der Waals surface area (Å²) in [6, 6.07) is 3.25. The Kier molecular flexibility index (Phi) is 28.5. The van der Waals surface area contributed by atoms with Crippen LogP contribution in [0.25, 0.3) is 0 Å². The van der Waals surface area contributed by atoms with Crippen molar-refractivity contribution < 1.29 is 32.0 Å². The van der Waals surface area contributed by atoms with E-state index in [0.717, 1.165) is 50.7 Å². The lowest BCUT2D eigenvalue weighted by Crippen LogP contribution is -2.16. The van der Waals surface area contributed by atoms with E-state index < -0.39 is 27.0 Å². The zero-order chi connectivity index (χ0) is 36.5. The van der Waals surface area contributed by atoms with Crippen LogP contribution in [0.3, 0.4) is 0 Å². The van der Waals surface area contributed by atoms with Crippen molar-refractivity contribution >= 4 is 22.1 Å². The van der Waals surface area contributed by atoms with Crippen LogP contribution in [0.2, 0.25) is 0 Å². The van der Waals surface area contributed by atoms with E-state index >= 15 is 0 Å². The molecule has 0 heterocycles. The van der Waals surface area contributed by atoms with Gasteiger partial charge in [0.15, 0.2) is 0 Å². The molecule has 0 spiro atoms. The van der Waals surface area contributed by atoms with E-state index in [0.29, 0.717) is 12.8 Å². The molecule has 0 saturated heterocycles. The van der Waals surface area contributed by atoms with Gasteiger partial charge in [-0.3, -0.25) is 4.55 Å². The van der Waals surface area contributed by atoms with Crippen LogP contribution >= 0.6 is 0 Å². The van der Waals surface area contributed by atoms with Gasteiger partial charge in [0.1, 0.15) is 0 Å². The predicted molar refractivity (Wildman–Crippen MR) is 206 cm³/mol. The SMILES string of the molecule is CCCCCCCCCCC/C=C/CCCCOC(=O)c1ccc(S(=O)(=O)O)cc1C(=O)OCCCC/C=C/CCCCCCCCCCC. The molecule has 1 aromatic rings. The normalized spacial score (nSPS) is 11.9. The Morgan fingerprint density at radius 2 is 0.860 bits per heavy atom. The number of carbonyl (C=O) groups excluding carboxylic acids is 2. The van der Waals surface area contributed by atoms with Crippen molar-refractivity contribution in [2.45, 2.75) is 186 Å². The van der Waals surface area contributed by atoms with Gasteiger partial charge in [-0.05, 0) is 82.4 Å². The summed E-state index contributed by atoms with van der Waals surface area (Å²) < 4.78 is 43.7. The molecule has 0 fully saturated rings. The van der Waals surface area contributed by atoms with Gasteiger partial charge in [0.05, 0.1) is 29.2 Å². The molecule has 1 N–H and O–H groups in total. The molecule has 0 radical (unpaired) electrons. The number of hydrogen-bond acceptors (Lipinski definition) is 6. The molecular weight excluding hydrogens is 649 g/mol. The number of rotatable bonds is 33. The molecule has 7 nitrogen and oxygen atoms in total. The molecule has 0 unspecified atom stereocenters. The average Bonchev–Trinajstić information content (AvgIpc) is 3.10.